The van der Waals surface area contributed by atoms with Crippen molar-refractivity contribution in [2.24, 2.45) is 4.99 Å². The number of hydrogen-bond donors (Lipinski definition) is 0. The van der Waals surface area contributed by atoms with E-state index in [-0.39, 0.29) is 6.17 Å². The molecule has 0 saturated carbocycles. The van der Waals surface area contributed by atoms with Crippen LogP contribution < -0.4 is 0 Å². The summed E-state index contributed by atoms with van der Waals surface area (Å²) in [6, 6.07) is 55.5. The number of para-hydroxylation sites is 2. The number of benzene rings is 7. The number of nitrogens with zero attached hydrogens (tertiary/aromatic N) is 4. The molecular formula is C48H30N4. The van der Waals surface area contributed by atoms with Gasteiger partial charge in [0, 0.05) is 57.0 Å². The Morgan fingerprint density at radius 2 is 1.23 bits per heavy atom. The zero-order chi connectivity index (χ0) is 33.9. The average molecular weight is 663 g/mol. The number of fused-ring (bicyclic) bond motifs is 9. The molecule has 0 radical (unpaired) electrons. The summed E-state index contributed by atoms with van der Waals surface area (Å²) >= 11 is 0. The fraction of sp³-hybridized carbons (Fsp3) is 0.0417. The lowest BCUT2D eigenvalue weighted by Crippen LogP contribution is -2.11. The van der Waals surface area contributed by atoms with E-state index in [0.29, 0.717) is 0 Å². The molecule has 52 heavy (non-hydrogen) atoms. The van der Waals surface area contributed by atoms with Crippen molar-refractivity contribution in [3.05, 3.63) is 169 Å². The molecule has 0 saturated heterocycles. The summed E-state index contributed by atoms with van der Waals surface area (Å²) in [6.45, 7) is 0. The summed E-state index contributed by atoms with van der Waals surface area (Å²) in [6.07, 6.45) is 4.85. The first kappa shape index (κ1) is 28.0. The molecule has 0 fully saturated rings. The summed E-state index contributed by atoms with van der Waals surface area (Å²) < 4.78 is 4.86. The molecule has 1 aliphatic heterocycles. The monoisotopic (exact) mass is 662 g/mol. The molecule has 10 aromatic rings. The Balaban J connectivity index is 1.01. The molecule has 4 heteroatoms. The quantitative estimate of drug-likeness (QED) is 0.185. The van der Waals surface area contributed by atoms with Gasteiger partial charge in [-0.2, -0.15) is 0 Å². The van der Waals surface area contributed by atoms with Crippen LogP contribution in [0, 0.1) is 0 Å². The van der Waals surface area contributed by atoms with E-state index in [0.717, 1.165) is 11.9 Å². The van der Waals surface area contributed by atoms with Crippen molar-refractivity contribution in [3.8, 4) is 16.8 Å². The zero-order valence-electron chi connectivity index (χ0n) is 28.2. The molecule has 4 heterocycles. The first-order valence-electron chi connectivity index (χ1n) is 18.0. The second kappa shape index (κ2) is 10.4. The second-order valence-electron chi connectivity index (χ2n) is 14.2. The number of pyridine rings is 1. The van der Waals surface area contributed by atoms with Gasteiger partial charge in [0.2, 0.25) is 0 Å². The van der Waals surface area contributed by atoms with Crippen molar-refractivity contribution in [1.82, 2.24) is 14.1 Å². The molecule has 0 N–H and O–H groups in total. The highest BCUT2D eigenvalue weighted by atomic mass is 15.1. The minimum absolute atomic E-state index is 0.0418. The van der Waals surface area contributed by atoms with Crippen LogP contribution in [0.3, 0.4) is 0 Å². The zero-order valence-corrected chi connectivity index (χ0v) is 28.2. The Morgan fingerprint density at radius 3 is 2.10 bits per heavy atom. The Bertz CT molecular complexity index is 3210. The van der Waals surface area contributed by atoms with Gasteiger partial charge in [-0.15, -0.1) is 0 Å². The van der Waals surface area contributed by atoms with Crippen molar-refractivity contribution >= 4 is 82.6 Å². The molecule has 2 aliphatic rings. The van der Waals surface area contributed by atoms with Gasteiger partial charge in [0.25, 0.3) is 0 Å². The molecule has 1 atom stereocenters. The van der Waals surface area contributed by atoms with E-state index in [1.165, 1.54) is 98.9 Å². The van der Waals surface area contributed by atoms with Gasteiger partial charge in [-0.05, 0) is 105 Å². The summed E-state index contributed by atoms with van der Waals surface area (Å²) in [5.74, 6) is 0. The van der Waals surface area contributed by atoms with Crippen LogP contribution in [0.4, 0.5) is 0 Å². The Hall–Kier alpha value is -6.78. The van der Waals surface area contributed by atoms with Crippen LogP contribution in [0.2, 0.25) is 0 Å². The van der Waals surface area contributed by atoms with E-state index in [2.05, 4.69) is 172 Å². The number of dihydropyridines is 1. The van der Waals surface area contributed by atoms with E-state index in [1.54, 1.807) is 0 Å². The molecule has 0 spiro atoms. The second-order valence-corrected chi connectivity index (χ2v) is 14.2. The molecule has 1 unspecified atom stereocenters. The van der Waals surface area contributed by atoms with Gasteiger partial charge in [-0.1, -0.05) is 84.9 Å². The Morgan fingerprint density at radius 1 is 0.519 bits per heavy atom. The van der Waals surface area contributed by atoms with Crippen molar-refractivity contribution in [1.29, 1.82) is 0 Å². The average Bonchev–Trinajstić information content (AvgIpc) is 3.83. The number of aliphatic imine (C=N–C) groups is 1. The first-order valence-corrected chi connectivity index (χ1v) is 18.0. The van der Waals surface area contributed by atoms with Crippen LogP contribution in [-0.4, -0.2) is 20.3 Å². The van der Waals surface area contributed by atoms with Gasteiger partial charge in [-0.3, -0.25) is 9.98 Å². The predicted octanol–water partition coefficient (Wildman–Crippen LogP) is 12.2. The third-order valence-corrected chi connectivity index (χ3v) is 11.5. The van der Waals surface area contributed by atoms with Crippen molar-refractivity contribution in [2.45, 2.75) is 12.6 Å². The molecule has 0 bridgehead atoms. The van der Waals surface area contributed by atoms with Crippen molar-refractivity contribution in [2.75, 3.05) is 0 Å². The topological polar surface area (TPSA) is 35.1 Å². The number of hydrogen-bond acceptors (Lipinski definition) is 2. The normalized spacial score (nSPS) is 15.3. The number of allylic oxidation sites excluding steroid dienone is 1. The summed E-state index contributed by atoms with van der Waals surface area (Å²) in [5.41, 5.74) is 14.7. The summed E-state index contributed by atoms with van der Waals surface area (Å²) in [4.78, 5) is 9.90. The smallest absolute Gasteiger partial charge is 0.129 e. The van der Waals surface area contributed by atoms with Crippen LogP contribution in [0.25, 0.3) is 93.2 Å². The highest BCUT2D eigenvalue weighted by Gasteiger charge is 2.30. The van der Waals surface area contributed by atoms with Gasteiger partial charge in [-0.25, -0.2) is 0 Å². The van der Waals surface area contributed by atoms with Gasteiger partial charge in [0.15, 0.2) is 0 Å². The molecule has 7 aromatic carbocycles. The highest BCUT2D eigenvalue weighted by molar-refractivity contribution is 6.29. The molecule has 242 valence electrons. The first-order chi connectivity index (χ1) is 25.8. The lowest BCUT2D eigenvalue weighted by atomic mass is 9.98. The van der Waals surface area contributed by atoms with Gasteiger partial charge < -0.3 is 9.13 Å². The Labute approximate surface area is 299 Å². The third-order valence-electron chi connectivity index (χ3n) is 11.5. The van der Waals surface area contributed by atoms with Crippen LogP contribution in [-0.2, 0) is 0 Å². The maximum Gasteiger partial charge on any atom is 0.129 e. The maximum absolute atomic E-state index is 5.23. The maximum atomic E-state index is 5.23. The van der Waals surface area contributed by atoms with Crippen LogP contribution in [0.5, 0.6) is 0 Å². The molecule has 3 aromatic heterocycles. The molecule has 12 rings (SSSR count). The van der Waals surface area contributed by atoms with Crippen LogP contribution >= 0.6 is 0 Å². The van der Waals surface area contributed by atoms with Crippen LogP contribution in [0.1, 0.15) is 23.7 Å². The van der Waals surface area contributed by atoms with Crippen molar-refractivity contribution < 1.29 is 0 Å². The van der Waals surface area contributed by atoms with E-state index < -0.39 is 0 Å². The van der Waals surface area contributed by atoms with Crippen molar-refractivity contribution in [3.63, 3.8) is 0 Å². The minimum Gasteiger partial charge on any atom is -0.317 e. The van der Waals surface area contributed by atoms with Crippen LogP contribution in [0.15, 0.2) is 163 Å². The van der Waals surface area contributed by atoms with Gasteiger partial charge in [0.1, 0.15) is 6.17 Å². The lowest BCUT2D eigenvalue weighted by Gasteiger charge is -2.22. The molecule has 4 nitrogen and oxygen atoms in total. The number of rotatable bonds is 3. The van der Waals surface area contributed by atoms with E-state index in [4.69, 9.17) is 4.99 Å². The standard InChI is InChI=1S/C48H30N4/c1-2-11-33(12-3-1)51-44-19-17-32(25-39(44)40-23-29-9-4-5-10-30(29)26-46(40)51)31-18-20-45-38(24-31)34-13-6-7-16-43(34)52(45)47-27-37-36-21-22-49-42-15-8-14-35(48(36)42)41(37)28-50-47/h1-26,28,47H,27H2. The lowest BCUT2D eigenvalue weighted by molar-refractivity contribution is 0.571. The summed E-state index contributed by atoms with van der Waals surface area (Å²) in [5, 5.41) is 8.79. The fourth-order valence-electron chi connectivity index (χ4n) is 9.16. The van der Waals surface area contributed by atoms with Gasteiger partial charge in [0.05, 0.1) is 27.6 Å². The Kier molecular flexibility index (Phi) is 5.58. The predicted molar refractivity (Wildman–Crippen MR) is 217 cm³/mol. The highest BCUT2D eigenvalue weighted by Crippen LogP contribution is 2.48. The molecule has 0 amide bonds. The number of aromatic nitrogens is 3. The molecule has 1 aliphatic carbocycles. The van der Waals surface area contributed by atoms with E-state index in [9.17, 15) is 0 Å². The fourth-order valence-corrected chi connectivity index (χ4v) is 9.16. The molecular weight excluding hydrogens is 633 g/mol. The van der Waals surface area contributed by atoms with E-state index in [1.807, 2.05) is 6.20 Å². The SMILES string of the molecule is C1=NC(n2c3ccccc3c3cc(-c4ccc5c(c4)c4cc6ccccc6cc4n5-c4ccccc4)ccc32)CC2=C1c1cccc3nccc2c13. The van der Waals surface area contributed by atoms with Gasteiger partial charge >= 0.3 is 0 Å². The van der Waals surface area contributed by atoms with E-state index >= 15 is 0 Å². The summed E-state index contributed by atoms with van der Waals surface area (Å²) in [7, 11) is 0. The third kappa shape index (κ3) is 3.81. The minimum atomic E-state index is -0.0418. The largest absolute Gasteiger partial charge is 0.317 e.